The number of para-hydroxylation sites is 2. The van der Waals surface area contributed by atoms with Gasteiger partial charge in [0.2, 0.25) is 0 Å². The molecule has 5 heteroatoms. The molecule has 9 aromatic carbocycles. The fourth-order valence-corrected chi connectivity index (χ4v) is 8.98. The largest absolute Gasteiger partial charge is 0.309 e. The Morgan fingerprint density at radius 3 is 1.38 bits per heavy atom. The first kappa shape index (κ1) is 33.9. The lowest BCUT2D eigenvalue weighted by Gasteiger charge is -2.13. The SMILES string of the molecule is c1ccc(-c2cccc(-n3c4ccccc4c4cc5c6ccccc6n(-c6ccc7c(-c8nc(-c9ccccc9)nc(-c9ccccc9)n8)cccc7c6)c5cc43)c2)cc1. The van der Waals surface area contributed by atoms with Gasteiger partial charge in [-0.2, -0.15) is 0 Å². The molecule has 0 radical (unpaired) electrons. The van der Waals surface area contributed by atoms with E-state index >= 15 is 0 Å². The minimum Gasteiger partial charge on any atom is -0.309 e. The van der Waals surface area contributed by atoms with Crippen molar-refractivity contribution in [3.05, 3.63) is 212 Å². The van der Waals surface area contributed by atoms with E-state index in [0.717, 1.165) is 49.9 Å². The minimum atomic E-state index is 0.643. The lowest BCUT2D eigenvalue weighted by atomic mass is 10.0. The van der Waals surface area contributed by atoms with Gasteiger partial charge in [0.25, 0.3) is 0 Å². The van der Waals surface area contributed by atoms with E-state index in [9.17, 15) is 0 Å². The van der Waals surface area contributed by atoms with Crippen LogP contribution in [0.4, 0.5) is 0 Å². The second-order valence-electron chi connectivity index (χ2n) is 15.3. The lowest BCUT2D eigenvalue weighted by Crippen LogP contribution is -2.00. The first-order valence-electron chi connectivity index (χ1n) is 20.3. The maximum atomic E-state index is 5.08. The smallest absolute Gasteiger partial charge is 0.164 e. The van der Waals surface area contributed by atoms with Gasteiger partial charge in [0.05, 0.1) is 22.1 Å². The highest BCUT2D eigenvalue weighted by molar-refractivity contribution is 6.19. The quantitative estimate of drug-likeness (QED) is 0.169. The highest BCUT2D eigenvalue weighted by atomic mass is 15.0. The van der Waals surface area contributed by atoms with E-state index < -0.39 is 0 Å². The van der Waals surface area contributed by atoms with Crippen molar-refractivity contribution in [2.24, 2.45) is 0 Å². The van der Waals surface area contributed by atoms with E-state index in [-0.39, 0.29) is 0 Å². The normalized spacial score (nSPS) is 11.7. The lowest BCUT2D eigenvalue weighted by molar-refractivity contribution is 1.08. The van der Waals surface area contributed by atoms with Crippen LogP contribution in [0.3, 0.4) is 0 Å². The van der Waals surface area contributed by atoms with Gasteiger partial charge in [-0.1, -0.05) is 164 Å². The Balaban J connectivity index is 1.06. The molecule has 0 aliphatic rings. The van der Waals surface area contributed by atoms with Gasteiger partial charge in [-0.3, -0.25) is 0 Å². The summed E-state index contributed by atoms with van der Waals surface area (Å²) in [6.45, 7) is 0. The Morgan fingerprint density at radius 2 is 0.767 bits per heavy atom. The standard InChI is InChI=1S/C55H35N5/c1-4-16-36(17-5-1)39-22-14-24-41(32-39)59-49-28-12-10-25-44(49)47-34-48-45-26-11-13-29-50(45)60(52(48)35-51(47)59)42-30-31-43-40(33-42)23-15-27-46(43)55-57-53(37-18-6-2-7-19-37)56-54(58-55)38-20-8-3-9-21-38/h1-35H. The molecule has 12 aromatic rings. The van der Waals surface area contributed by atoms with Gasteiger partial charge in [0, 0.05) is 49.6 Å². The predicted molar refractivity (Wildman–Crippen MR) is 248 cm³/mol. The summed E-state index contributed by atoms with van der Waals surface area (Å²) in [6, 6.07) is 75.2. The molecule has 0 amide bonds. The molecule has 12 rings (SSSR count). The minimum absolute atomic E-state index is 0.643. The zero-order valence-corrected chi connectivity index (χ0v) is 32.4. The highest BCUT2D eigenvalue weighted by Gasteiger charge is 2.20. The zero-order valence-electron chi connectivity index (χ0n) is 32.4. The van der Waals surface area contributed by atoms with E-state index in [1.54, 1.807) is 0 Å². The number of rotatable bonds is 6. The van der Waals surface area contributed by atoms with Crippen molar-refractivity contribution in [3.63, 3.8) is 0 Å². The molecule has 5 nitrogen and oxygen atoms in total. The van der Waals surface area contributed by atoms with Crippen molar-refractivity contribution < 1.29 is 0 Å². The monoisotopic (exact) mass is 765 g/mol. The van der Waals surface area contributed by atoms with Crippen LogP contribution in [0, 0.1) is 0 Å². The Hall–Kier alpha value is -8.15. The molecule has 0 atom stereocenters. The Kier molecular flexibility index (Phi) is 7.78. The molecule has 0 unspecified atom stereocenters. The number of hydrogen-bond acceptors (Lipinski definition) is 3. The number of fused-ring (bicyclic) bond motifs is 7. The van der Waals surface area contributed by atoms with Crippen LogP contribution in [0.15, 0.2) is 212 Å². The third-order valence-electron chi connectivity index (χ3n) is 11.7. The fraction of sp³-hybridized carbons (Fsp3) is 0. The van der Waals surface area contributed by atoms with Crippen LogP contribution in [-0.2, 0) is 0 Å². The fourth-order valence-electron chi connectivity index (χ4n) is 8.98. The molecule has 0 N–H and O–H groups in total. The van der Waals surface area contributed by atoms with E-state index in [0.29, 0.717) is 17.5 Å². The van der Waals surface area contributed by atoms with Crippen molar-refractivity contribution >= 4 is 54.4 Å². The predicted octanol–water partition coefficient (Wildman–Crippen LogP) is 13.9. The summed E-state index contributed by atoms with van der Waals surface area (Å²) in [6.07, 6.45) is 0. The van der Waals surface area contributed by atoms with Crippen LogP contribution >= 0.6 is 0 Å². The molecule has 0 aliphatic heterocycles. The number of hydrogen-bond donors (Lipinski definition) is 0. The average Bonchev–Trinajstić information content (AvgIpc) is 3.83. The van der Waals surface area contributed by atoms with Crippen LogP contribution in [0.25, 0.3) is 111 Å². The van der Waals surface area contributed by atoms with E-state index in [4.69, 9.17) is 15.0 Å². The van der Waals surface area contributed by atoms with Crippen molar-refractivity contribution in [3.8, 4) is 56.7 Å². The van der Waals surface area contributed by atoms with Crippen LogP contribution in [0.5, 0.6) is 0 Å². The van der Waals surface area contributed by atoms with Gasteiger partial charge in [-0.05, 0) is 70.4 Å². The molecule has 60 heavy (non-hydrogen) atoms. The molecule has 3 heterocycles. The summed E-state index contributed by atoms with van der Waals surface area (Å²) >= 11 is 0. The van der Waals surface area contributed by atoms with Crippen molar-refractivity contribution in [1.82, 2.24) is 24.1 Å². The number of nitrogens with zero attached hydrogens (tertiary/aromatic N) is 5. The van der Waals surface area contributed by atoms with Crippen molar-refractivity contribution in [2.45, 2.75) is 0 Å². The molecule has 280 valence electrons. The molecule has 0 bridgehead atoms. The third kappa shape index (κ3) is 5.52. The van der Waals surface area contributed by atoms with Gasteiger partial charge in [0.1, 0.15) is 0 Å². The second-order valence-corrected chi connectivity index (χ2v) is 15.3. The molecule has 0 saturated heterocycles. The Bertz CT molecular complexity index is 3530. The molecule has 0 fully saturated rings. The number of aromatic nitrogens is 5. The summed E-state index contributed by atoms with van der Waals surface area (Å²) in [7, 11) is 0. The molecule has 0 aliphatic carbocycles. The molecular formula is C55H35N5. The van der Waals surface area contributed by atoms with Crippen molar-refractivity contribution in [2.75, 3.05) is 0 Å². The van der Waals surface area contributed by atoms with E-state index in [2.05, 4.69) is 161 Å². The summed E-state index contributed by atoms with van der Waals surface area (Å²) in [5, 5.41) is 7.09. The molecular weight excluding hydrogens is 731 g/mol. The van der Waals surface area contributed by atoms with E-state index in [1.165, 1.54) is 43.7 Å². The highest BCUT2D eigenvalue weighted by Crippen LogP contribution is 2.41. The van der Waals surface area contributed by atoms with Crippen LogP contribution in [0.1, 0.15) is 0 Å². The molecule has 0 spiro atoms. The van der Waals surface area contributed by atoms with Crippen LogP contribution in [0.2, 0.25) is 0 Å². The first-order valence-corrected chi connectivity index (χ1v) is 20.3. The molecule has 3 aromatic heterocycles. The topological polar surface area (TPSA) is 48.5 Å². The summed E-state index contributed by atoms with van der Waals surface area (Å²) in [5.74, 6) is 1.94. The van der Waals surface area contributed by atoms with Crippen LogP contribution in [-0.4, -0.2) is 24.1 Å². The number of benzene rings is 9. The Morgan fingerprint density at radius 1 is 0.267 bits per heavy atom. The summed E-state index contributed by atoms with van der Waals surface area (Å²) in [4.78, 5) is 15.1. The second kappa shape index (κ2) is 13.8. The maximum absolute atomic E-state index is 5.08. The van der Waals surface area contributed by atoms with Gasteiger partial charge >= 0.3 is 0 Å². The molecule has 0 saturated carbocycles. The third-order valence-corrected chi connectivity index (χ3v) is 11.7. The van der Waals surface area contributed by atoms with Crippen molar-refractivity contribution in [1.29, 1.82) is 0 Å². The first-order chi connectivity index (χ1) is 29.7. The van der Waals surface area contributed by atoms with Gasteiger partial charge < -0.3 is 9.13 Å². The van der Waals surface area contributed by atoms with Gasteiger partial charge in [0.15, 0.2) is 17.5 Å². The van der Waals surface area contributed by atoms with Crippen LogP contribution < -0.4 is 0 Å². The zero-order chi connectivity index (χ0) is 39.6. The average molecular weight is 766 g/mol. The Labute approximate surface area is 346 Å². The maximum Gasteiger partial charge on any atom is 0.164 e. The van der Waals surface area contributed by atoms with E-state index in [1.807, 2.05) is 60.7 Å². The van der Waals surface area contributed by atoms with Gasteiger partial charge in [-0.25, -0.2) is 15.0 Å². The summed E-state index contributed by atoms with van der Waals surface area (Å²) < 4.78 is 4.84. The van der Waals surface area contributed by atoms with Gasteiger partial charge in [-0.15, -0.1) is 0 Å². The summed E-state index contributed by atoms with van der Waals surface area (Å²) in [5.41, 5.74) is 12.1.